The van der Waals surface area contributed by atoms with Crippen molar-refractivity contribution in [2.75, 3.05) is 6.26 Å². The number of aromatic carboxylic acids is 1. The molecule has 2 rings (SSSR count). The normalized spacial score (nSPS) is 24.9. The van der Waals surface area contributed by atoms with Crippen molar-refractivity contribution in [1.82, 2.24) is 4.57 Å². The minimum atomic E-state index is -0.824. The van der Waals surface area contributed by atoms with Crippen molar-refractivity contribution in [2.24, 2.45) is 0 Å². The van der Waals surface area contributed by atoms with Crippen LogP contribution in [0.1, 0.15) is 35.8 Å². The maximum atomic E-state index is 11.1. The maximum Gasteiger partial charge on any atom is 0.352 e. The van der Waals surface area contributed by atoms with Gasteiger partial charge in [-0.1, -0.05) is 0 Å². The van der Waals surface area contributed by atoms with Gasteiger partial charge >= 0.3 is 5.97 Å². The van der Waals surface area contributed by atoms with Gasteiger partial charge < -0.3 is 9.67 Å². The molecule has 1 aliphatic carbocycles. The second-order valence-corrected chi connectivity index (χ2v) is 6.46. The van der Waals surface area contributed by atoms with E-state index in [-0.39, 0.29) is 0 Å². The summed E-state index contributed by atoms with van der Waals surface area (Å²) in [5, 5.41) is 9.82. The average Bonchev–Trinajstić information content (AvgIpc) is 2.82. The van der Waals surface area contributed by atoms with Gasteiger partial charge in [0.2, 0.25) is 0 Å². The Labute approximate surface area is 113 Å². The summed E-state index contributed by atoms with van der Waals surface area (Å²) in [7, 11) is 0. The van der Waals surface area contributed by atoms with Crippen LogP contribution < -0.4 is 0 Å². The zero-order valence-corrected chi connectivity index (χ0v) is 12.0. The van der Waals surface area contributed by atoms with E-state index in [1.54, 1.807) is 6.07 Å². The zero-order chi connectivity index (χ0) is 11.7. The number of aromatic nitrogens is 1. The van der Waals surface area contributed by atoms with Crippen LogP contribution >= 0.6 is 34.4 Å². The second kappa shape index (κ2) is 5.00. The fourth-order valence-corrected chi connectivity index (χ4v) is 3.68. The van der Waals surface area contributed by atoms with Gasteiger partial charge in [-0.05, 0) is 54.2 Å². The average molecular weight is 351 g/mol. The van der Waals surface area contributed by atoms with Gasteiger partial charge in [-0.3, -0.25) is 0 Å². The fraction of sp³-hybridized carbons (Fsp3) is 0.545. The van der Waals surface area contributed by atoms with Crippen LogP contribution in [0.2, 0.25) is 0 Å². The maximum absolute atomic E-state index is 11.1. The van der Waals surface area contributed by atoms with Crippen molar-refractivity contribution in [3.63, 3.8) is 0 Å². The molecule has 0 amide bonds. The second-order valence-electron chi connectivity index (χ2n) is 4.08. The highest BCUT2D eigenvalue weighted by Crippen LogP contribution is 2.37. The number of carbonyl (C=O) groups is 1. The van der Waals surface area contributed by atoms with E-state index in [4.69, 9.17) is 5.11 Å². The number of nitrogens with zero attached hydrogens (tertiary/aromatic N) is 1. The third-order valence-electron chi connectivity index (χ3n) is 3.12. The first-order chi connectivity index (χ1) is 7.61. The molecule has 3 nitrogen and oxygen atoms in total. The van der Waals surface area contributed by atoms with E-state index in [1.807, 2.05) is 22.5 Å². The first kappa shape index (κ1) is 12.3. The van der Waals surface area contributed by atoms with Crippen LogP contribution in [-0.2, 0) is 0 Å². The first-order valence-corrected chi connectivity index (χ1v) is 7.62. The van der Waals surface area contributed by atoms with Crippen LogP contribution in [0.4, 0.5) is 0 Å². The number of rotatable bonds is 3. The molecule has 1 N–H and O–H groups in total. The summed E-state index contributed by atoms with van der Waals surface area (Å²) < 4.78 is 2.95. The highest BCUT2D eigenvalue weighted by molar-refractivity contribution is 14.1. The molecule has 1 fully saturated rings. The van der Waals surface area contributed by atoms with Crippen molar-refractivity contribution in [2.45, 2.75) is 30.6 Å². The molecule has 0 bridgehead atoms. The van der Waals surface area contributed by atoms with Gasteiger partial charge in [-0.15, -0.1) is 0 Å². The largest absolute Gasteiger partial charge is 0.477 e. The van der Waals surface area contributed by atoms with Gasteiger partial charge in [0.1, 0.15) is 5.69 Å². The van der Waals surface area contributed by atoms with Gasteiger partial charge in [0.15, 0.2) is 0 Å². The fourth-order valence-electron chi connectivity index (χ4n) is 2.30. The number of carboxylic acid groups (broad SMARTS) is 1. The monoisotopic (exact) mass is 351 g/mol. The van der Waals surface area contributed by atoms with Gasteiger partial charge in [-0.2, -0.15) is 11.8 Å². The van der Waals surface area contributed by atoms with E-state index < -0.39 is 5.97 Å². The lowest BCUT2D eigenvalue weighted by Crippen LogP contribution is -2.12. The molecule has 88 valence electrons. The summed E-state index contributed by atoms with van der Waals surface area (Å²) in [5.74, 6) is -0.824. The van der Waals surface area contributed by atoms with Gasteiger partial charge in [-0.25, -0.2) is 4.79 Å². The molecule has 0 spiro atoms. The molecule has 2 atom stereocenters. The third-order valence-corrected chi connectivity index (χ3v) is 4.80. The lowest BCUT2D eigenvalue weighted by molar-refractivity contribution is 0.0682. The molecule has 0 aliphatic heterocycles. The Hall–Kier alpha value is -0.170. The molecule has 1 aliphatic rings. The number of hydrogen-bond donors (Lipinski definition) is 1. The van der Waals surface area contributed by atoms with Crippen molar-refractivity contribution in [1.29, 1.82) is 0 Å². The number of carboxylic acids is 1. The van der Waals surface area contributed by atoms with Gasteiger partial charge in [0.05, 0.1) is 0 Å². The van der Waals surface area contributed by atoms with Crippen molar-refractivity contribution in [3.05, 3.63) is 21.5 Å². The van der Waals surface area contributed by atoms with Gasteiger partial charge in [0.25, 0.3) is 0 Å². The molecule has 0 radical (unpaired) electrons. The smallest absolute Gasteiger partial charge is 0.352 e. The Bertz CT molecular complexity index is 405. The van der Waals surface area contributed by atoms with E-state index in [0.717, 1.165) is 16.4 Å². The molecule has 1 saturated carbocycles. The van der Waals surface area contributed by atoms with E-state index in [2.05, 4.69) is 28.8 Å². The summed E-state index contributed by atoms with van der Waals surface area (Å²) in [6.07, 6.45) is 7.46. The zero-order valence-electron chi connectivity index (χ0n) is 9.02. The standard InChI is InChI=1S/C11H14INO2S/c1-16-9-3-2-8(5-9)13-6-7(12)4-10(13)11(14)15/h4,6,8-9H,2-3,5H2,1H3,(H,14,15). The summed E-state index contributed by atoms with van der Waals surface area (Å²) >= 11 is 4.06. The third kappa shape index (κ3) is 2.40. The molecule has 1 aromatic heterocycles. The minimum Gasteiger partial charge on any atom is -0.477 e. The highest BCUT2D eigenvalue weighted by atomic mass is 127. The van der Waals surface area contributed by atoms with E-state index in [1.165, 1.54) is 6.42 Å². The lowest BCUT2D eigenvalue weighted by Gasteiger charge is -2.14. The molecular formula is C11H14INO2S. The molecule has 1 heterocycles. The Morgan fingerprint density at radius 3 is 2.94 bits per heavy atom. The Kier molecular flexibility index (Phi) is 3.84. The number of hydrogen-bond acceptors (Lipinski definition) is 2. The lowest BCUT2D eigenvalue weighted by atomic mass is 10.2. The SMILES string of the molecule is CSC1CCC(n2cc(I)cc2C(=O)O)C1. The predicted molar refractivity (Wildman–Crippen MR) is 74.3 cm³/mol. The molecule has 0 saturated heterocycles. The van der Waals surface area contributed by atoms with Crippen molar-refractivity contribution in [3.8, 4) is 0 Å². The quantitative estimate of drug-likeness (QED) is 0.851. The van der Waals surface area contributed by atoms with Crippen LogP contribution in [-0.4, -0.2) is 27.1 Å². The molecule has 5 heteroatoms. The molecule has 16 heavy (non-hydrogen) atoms. The highest BCUT2D eigenvalue weighted by Gasteiger charge is 2.27. The van der Waals surface area contributed by atoms with E-state index in [0.29, 0.717) is 17.0 Å². The van der Waals surface area contributed by atoms with Crippen LogP contribution in [0.25, 0.3) is 0 Å². The van der Waals surface area contributed by atoms with Crippen LogP contribution in [0.15, 0.2) is 12.3 Å². The predicted octanol–water partition coefficient (Wildman–Crippen LogP) is 3.25. The Morgan fingerprint density at radius 2 is 2.38 bits per heavy atom. The topological polar surface area (TPSA) is 42.2 Å². The summed E-state index contributed by atoms with van der Waals surface area (Å²) in [4.78, 5) is 11.1. The molecule has 1 aromatic rings. The van der Waals surface area contributed by atoms with Crippen LogP contribution in [0, 0.1) is 3.57 Å². The molecule has 0 aromatic carbocycles. The Morgan fingerprint density at radius 1 is 1.62 bits per heavy atom. The first-order valence-electron chi connectivity index (χ1n) is 5.25. The summed E-state index contributed by atoms with van der Waals surface area (Å²) in [5.41, 5.74) is 0.427. The van der Waals surface area contributed by atoms with E-state index >= 15 is 0 Å². The van der Waals surface area contributed by atoms with Gasteiger partial charge in [0, 0.05) is 21.1 Å². The summed E-state index contributed by atoms with van der Waals surface area (Å²) in [6.45, 7) is 0. The molecule has 2 unspecified atom stereocenters. The number of thioether (sulfide) groups is 1. The van der Waals surface area contributed by atoms with Crippen LogP contribution in [0.5, 0.6) is 0 Å². The van der Waals surface area contributed by atoms with Crippen LogP contribution in [0.3, 0.4) is 0 Å². The van der Waals surface area contributed by atoms with E-state index in [9.17, 15) is 4.79 Å². The molecular weight excluding hydrogens is 337 g/mol. The Balaban J connectivity index is 2.23. The van der Waals surface area contributed by atoms with Crippen molar-refractivity contribution < 1.29 is 9.90 Å². The minimum absolute atomic E-state index is 0.368. The van der Waals surface area contributed by atoms with Crippen molar-refractivity contribution >= 4 is 40.3 Å². The summed E-state index contributed by atoms with van der Waals surface area (Å²) in [6, 6.07) is 2.11. The number of halogens is 1.